The molecule has 2 amide bonds. The second-order valence-corrected chi connectivity index (χ2v) is 8.34. The van der Waals surface area contributed by atoms with Crippen LogP contribution in [0.15, 0.2) is 48.5 Å². The summed E-state index contributed by atoms with van der Waals surface area (Å²) in [5, 5.41) is 30.9. The van der Waals surface area contributed by atoms with E-state index in [9.17, 15) is 29.7 Å². The minimum atomic E-state index is -1.38. The van der Waals surface area contributed by atoms with Gasteiger partial charge in [-0.05, 0) is 28.7 Å². The molecule has 0 saturated carbocycles. The topological polar surface area (TPSA) is 136 Å². The molecule has 1 heterocycles. The fourth-order valence-corrected chi connectivity index (χ4v) is 4.69. The van der Waals surface area contributed by atoms with Crippen LogP contribution in [-0.2, 0) is 14.3 Å². The molecule has 9 heteroatoms. The van der Waals surface area contributed by atoms with Crippen LogP contribution in [0.1, 0.15) is 29.9 Å². The quantitative estimate of drug-likeness (QED) is 0.495. The Labute approximate surface area is 190 Å². The smallest absolute Gasteiger partial charge is 0.407 e. The summed E-state index contributed by atoms with van der Waals surface area (Å²) in [5.74, 6) is -2.13. The van der Waals surface area contributed by atoms with Crippen LogP contribution in [-0.4, -0.2) is 76.1 Å². The summed E-state index contributed by atoms with van der Waals surface area (Å²) in [6.07, 6.45) is -2.18. The zero-order valence-corrected chi connectivity index (χ0v) is 17.9. The normalized spacial score (nSPS) is 20.1. The van der Waals surface area contributed by atoms with Crippen LogP contribution in [0.25, 0.3) is 11.1 Å². The Morgan fingerprint density at radius 3 is 2.24 bits per heavy atom. The average molecular weight is 454 g/mol. The van der Waals surface area contributed by atoms with Crippen molar-refractivity contribution >= 4 is 18.0 Å². The van der Waals surface area contributed by atoms with E-state index in [-0.39, 0.29) is 32.1 Å². The van der Waals surface area contributed by atoms with Crippen molar-refractivity contribution in [1.29, 1.82) is 0 Å². The Morgan fingerprint density at radius 1 is 1.06 bits per heavy atom. The lowest BCUT2D eigenvalue weighted by Gasteiger charge is -2.27. The summed E-state index contributed by atoms with van der Waals surface area (Å²) in [5.41, 5.74) is 4.20. The maximum atomic E-state index is 12.9. The predicted molar refractivity (Wildman–Crippen MR) is 117 cm³/mol. The lowest BCUT2D eigenvalue weighted by atomic mass is 9.98. The standard InChI is InChI=1S/C24H26N2O7/c27-12-14-9-15(28)11-26(14)23(31)21(10-22(29)30)25-24(32)33-13-20-18-7-3-1-5-16(18)17-6-2-4-8-19(17)20/h1-8,14-15,20-21,27-28H,9-13H2,(H,25,32)(H,29,30). The number of alkyl carbamates (subject to hydrolysis) is 1. The molecule has 0 radical (unpaired) electrons. The number of aliphatic hydroxyl groups excluding tert-OH is 2. The van der Waals surface area contributed by atoms with Crippen molar-refractivity contribution in [3.63, 3.8) is 0 Å². The van der Waals surface area contributed by atoms with E-state index < -0.39 is 42.6 Å². The third-order valence-corrected chi connectivity index (χ3v) is 6.20. The minimum Gasteiger partial charge on any atom is -0.481 e. The molecule has 2 aromatic carbocycles. The average Bonchev–Trinajstić information content (AvgIpc) is 3.34. The van der Waals surface area contributed by atoms with Gasteiger partial charge in [-0.15, -0.1) is 0 Å². The van der Waals surface area contributed by atoms with Crippen LogP contribution in [0.2, 0.25) is 0 Å². The van der Waals surface area contributed by atoms with Crippen molar-refractivity contribution in [2.45, 2.75) is 36.9 Å². The highest BCUT2D eigenvalue weighted by Gasteiger charge is 2.38. The van der Waals surface area contributed by atoms with E-state index in [2.05, 4.69) is 5.32 Å². The van der Waals surface area contributed by atoms with Crippen LogP contribution in [0.5, 0.6) is 0 Å². The summed E-state index contributed by atoms with van der Waals surface area (Å²) in [6, 6.07) is 13.7. The Hall–Kier alpha value is -3.43. The summed E-state index contributed by atoms with van der Waals surface area (Å²) >= 11 is 0. The minimum absolute atomic E-state index is 0.0233. The molecule has 3 unspecified atom stereocenters. The molecule has 1 aliphatic carbocycles. The fourth-order valence-electron chi connectivity index (χ4n) is 4.69. The van der Waals surface area contributed by atoms with Crippen LogP contribution < -0.4 is 5.32 Å². The van der Waals surface area contributed by atoms with Gasteiger partial charge in [-0.3, -0.25) is 9.59 Å². The maximum absolute atomic E-state index is 12.9. The number of carbonyl (C=O) groups is 3. The highest BCUT2D eigenvalue weighted by atomic mass is 16.5. The third kappa shape index (κ3) is 4.69. The van der Waals surface area contributed by atoms with Crippen molar-refractivity contribution in [3.8, 4) is 11.1 Å². The fraction of sp³-hybridized carbons (Fsp3) is 0.375. The third-order valence-electron chi connectivity index (χ3n) is 6.20. The molecule has 4 N–H and O–H groups in total. The van der Waals surface area contributed by atoms with Crippen molar-refractivity contribution in [1.82, 2.24) is 10.2 Å². The maximum Gasteiger partial charge on any atom is 0.407 e. The molecular weight excluding hydrogens is 428 g/mol. The zero-order valence-electron chi connectivity index (χ0n) is 17.9. The van der Waals surface area contributed by atoms with Gasteiger partial charge in [0.05, 0.1) is 25.2 Å². The summed E-state index contributed by atoms with van der Waals surface area (Å²) in [6.45, 7) is -0.379. The highest BCUT2D eigenvalue weighted by Crippen LogP contribution is 2.44. The summed E-state index contributed by atoms with van der Waals surface area (Å²) < 4.78 is 5.43. The number of β-amino-alcohol motifs (C(OH)–C–C–N with tert-alkyl or cyclic N) is 1. The van der Waals surface area contributed by atoms with E-state index in [4.69, 9.17) is 4.74 Å². The van der Waals surface area contributed by atoms with Crippen LogP contribution in [0.4, 0.5) is 4.79 Å². The molecule has 0 spiro atoms. The van der Waals surface area contributed by atoms with E-state index in [0.717, 1.165) is 22.3 Å². The van der Waals surface area contributed by atoms with E-state index in [0.29, 0.717) is 0 Å². The van der Waals surface area contributed by atoms with E-state index in [1.54, 1.807) is 0 Å². The molecule has 4 rings (SSSR count). The molecular formula is C24H26N2O7. The van der Waals surface area contributed by atoms with Gasteiger partial charge >= 0.3 is 12.1 Å². The number of aliphatic hydroxyl groups is 2. The number of hydrogen-bond donors (Lipinski definition) is 4. The van der Waals surface area contributed by atoms with Gasteiger partial charge in [0.25, 0.3) is 0 Å². The van der Waals surface area contributed by atoms with Crippen molar-refractivity contribution < 1.29 is 34.4 Å². The number of likely N-dealkylation sites (tertiary alicyclic amines) is 1. The molecule has 0 aromatic heterocycles. The number of aliphatic carboxylic acids is 1. The van der Waals surface area contributed by atoms with Crippen LogP contribution in [0, 0.1) is 0 Å². The van der Waals surface area contributed by atoms with Gasteiger partial charge in [-0.25, -0.2) is 4.79 Å². The number of nitrogens with zero attached hydrogens (tertiary/aromatic N) is 1. The Balaban J connectivity index is 1.44. The molecule has 9 nitrogen and oxygen atoms in total. The van der Waals surface area contributed by atoms with E-state index in [1.165, 1.54) is 4.90 Å². The van der Waals surface area contributed by atoms with Gasteiger partial charge in [0.2, 0.25) is 5.91 Å². The largest absolute Gasteiger partial charge is 0.481 e. The lowest BCUT2D eigenvalue weighted by Crippen LogP contribution is -2.52. The summed E-state index contributed by atoms with van der Waals surface area (Å²) in [7, 11) is 0. The number of benzene rings is 2. The molecule has 3 atom stereocenters. The van der Waals surface area contributed by atoms with Crippen molar-refractivity contribution in [2.75, 3.05) is 19.8 Å². The molecule has 2 aromatic rings. The number of fused-ring (bicyclic) bond motifs is 3. The van der Waals surface area contributed by atoms with Crippen LogP contribution in [0.3, 0.4) is 0 Å². The molecule has 174 valence electrons. The first-order valence-corrected chi connectivity index (χ1v) is 10.8. The first kappa shape index (κ1) is 22.8. The molecule has 1 saturated heterocycles. The Kier molecular flexibility index (Phi) is 6.62. The first-order valence-electron chi connectivity index (χ1n) is 10.8. The van der Waals surface area contributed by atoms with Gasteiger partial charge in [-0.1, -0.05) is 48.5 Å². The van der Waals surface area contributed by atoms with Crippen LogP contribution >= 0.6 is 0 Å². The molecule has 2 aliphatic rings. The molecule has 33 heavy (non-hydrogen) atoms. The number of nitrogens with one attached hydrogen (secondary N) is 1. The van der Waals surface area contributed by atoms with Gasteiger partial charge in [0, 0.05) is 12.5 Å². The lowest BCUT2D eigenvalue weighted by molar-refractivity contribution is -0.143. The number of carboxylic acid groups (broad SMARTS) is 1. The number of amides is 2. The Morgan fingerprint density at radius 2 is 1.67 bits per heavy atom. The van der Waals surface area contributed by atoms with Crippen molar-refractivity contribution in [3.05, 3.63) is 59.7 Å². The van der Waals surface area contributed by atoms with E-state index >= 15 is 0 Å². The molecule has 1 fully saturated rings. The van der Waals surface area contributed by atoms with Crippen molar-refractivity contribution in [2.24, 2.45) is 0 Å². The Bertz CT molecular complexity index is 1010. The SMILES string of the molecule is O=C(O)CC(NC(=O)OCC1c2ccccc2-c2ccccc21)C(=O)N1CC(O)CC1CO. The molecule has 1 aliphatic heterocycles. The predicted octanol–water partition coefficient (Wildman–Crippen LogP) is 1.32. The monoisotopic (exact) mass is 454 g/mol. The number of rotatable bonds is 7. The first-order chi connectivity index (χ1) is 15.9. The van der Waals surface area contributed by atoms with Gasteiger partial charge in [0.15, 0.2) is 0 Å². The van der Waals surface area contributed by atoms with Gasteiger partial charge < -0.3 is 30.3 Å². The second kappa shape index (κ2) is 9.60. The zero-order chi connectivity index (χ0) is 23.5. The second-order valence-electron chi connectivity index (χ2n) is 8.34. The van der Waals surface area contributed by atoms with E-state index in [1.807, 2.05) is 48.5 Å². The van der Waals surface area contributed by atoms with Gasteiger partial charge in [0.1, 0.15) is 12.6 Å². The molecule has 0 bridgehead atoms. The number of ether oxygens (including phenoxy) is 1. The number of carbonyl (C=O) groups excluding carboxylic acids is 2. The number of carboxylic acids is 1. The summed E-state index contributed by atoms with van der Waals surface area (Å²) in [4.78, 5) is 38.0. The number of hydrogen-bond acceptors (Lipinski definition) is 6. The highest BCUT2D eigenvalue weighted by molar-refractivity contribution is 5.89. The van der Waals surface area contributed by atoms with Gasteiger partial charge in [-0.2, -0.15) is 0 Å².